The first-order valence-corrected chi connectivity index (χ1v) is 28.1. The molecule has 20 heteroatoms. The Morgan fingerprint density at radius 1 is 0.756 bits per heavy atom. The predicted molar refractivity (Wildman–Crippen MR) is 209 cm³/mol. The Morgan fingerprint density at radius 3 is 1.31 bits per heavy atom. The van der Waals surface area contributed by atoms with Gasteiger partial charge in [-0.25, -0.2) is 9.59 Å². The summed E-state index contributed by atoms with van der Waals surface area (Å²) >= 11 is 4.79. The third-order valence-electron chi connectivity index (χ3n) is 5.90. The third kappa shape index (κ3) is 19.8. The van der Waals surface area contributed by atoms with Crippen molar-refractivity contribution in [2.75, 3.05) is 57.5 Å². The molecule has 3 unspecified atom stereocenters. The summed E-state index contributed by atoms with van der Waals surface area (Å²) in [6, 6.07) is 0. The fourth-order valence-corrected chi connectivity index (χ4v) is 4.10. The topological polar surface area (TPSA) is 138 Å². The summed E-state index contributed by atoms with van der Waals surface area (Å²) in [5.74, 6) is -0.608. The molecule has 0 aromatic carbocycles. The number of quaternary nitrogens is 1. The number of hydrogen-bond donors (Lipinski definition) is 1. The van der Waals surface area contributed by atoms with E-state index in [1.165, 1.54) is 9.80 Å². The number of nitrogens with two attached hydrogens (primary N) is 1. The molecule has 6 radical (unpaired) electrons. The molecule has 11 nitrogen and oxygen atoms in total. The van der Waals surface area contributed by atoms with Crippen molar-refractivity contribution in [3.63, 3.8) is 0 Å². The van der Waals surface area contributed by atoms with Crippen molar-refractivity contribution in [2.24, 2.45) is 5.73 Å². The Morgan fingerprint density at radius 2 is 1.07 bits per heavy atom. The molecule has 4 rings (SSSR count). The van der Waals surface area contributed by atoms with Gasteiger partial charge < -0.3 is 5.73 Å². The van der Waals surface area contributed by atoms with Crippen molar-refractivity contribution < 1.29 is 54.0 Å². The standard InChI is InChI=1S/C12H16N3O4.C6H10N2O2.2CH3BIP.CH4BIP.4CH4/c16-9-1-2-10(17)14(9)6-5-13-7-8-15(13)11(18)3-4-12(15)19;7-3-4-8-5(9)1-2-6(8)10;2*1-4(2)3;1-3-4-2;;;;/h1-8H2;1-4,7H2;2*1H3;4H,1H3;4*1H4/q+1;;;;-1;;;;. The van der Waals surface area contributed by atoms with E-state index in [0.29, 0.717) is 79.1 Å². The maximum absolute atomic E-state index is 11.9. The molecule has 4 aliphatic rings. The molecule has 0 saturated carbocycles. The zero-order chi connectivity index (χ0) is 31.8. The van der Waals surface area contributed by atoms with Gasteiger partial charge in [-0.2, -0.15) is 0 Å². The van der Waals surface area contributed by atoms with E-state index in [0.717, 1.165) is 6.10 Å². The summed E-state index contributed by atoms with van der Waals surface area (Å²) in [7, 11) is 15.4. The summed E-state index contributed by atoms with van der Waals surface area (Å²) < 4.78 is -0.184. The monoisotopic (exact) mass is 1030 g/mol. The van der Waals surface area contributed by atoms with E-state index in [-0.39, 0.29) is 100 Å². The van der Waals surface area contributed by atoms with E-state index in [2.05, 4.69) is 49.0 Å². The summed E-state index contributed by atoms with van der Waals surface area (Å²) in [5.41, 5.74) is 4.89. The van der Waals surface area contributed by atoms with Gasteiger partial charge in [0.25, 0.3) is 0 Å². The van der Waals surface area contributed by atoms with Crippen molar-refractivity contribution >= 4 is 119 Å². The van der Waals surface area contributed by atoms with Crippen LogP contribution in [-0.4, -0.2) is 135 Å². The number of halogens is 3. The van der Waals surface area contributed by atoms with Gasteiger partial charge in [0.05, 0.1) is 19.4 Å². The van der Waals surface area contributed by atoms with Crippen LogP contribution in [0.4, 0.5) is 0 Å². The average Bonchev–Trinajstić information content (AvgIpc) is 3.49. The van der Waals surface area contributed by atoms with E-state index in [1.807, 2.05) is 13.3 Å². The molecule has 4 fully saturated rings. The SMILES string of the molecule is C.C.C.C.NCCN1C(=O)CCC1=O.O=C1CCC(=O)N1CCN1CC[N+]12C(=O)CCC2=O.[B]P(C)I.[B]P(C)I.[B]P[I-]C. The number of imide groups is 3. The van der Waals surface area contributed by atoms with Crippen molar-refractivity contribution in [1.82, 2.24) is 14.8 Å². The van der Waals surface area contributed by atoms with Crippen LogP contribution < -0.4 is 26.4 Å². The molecule has 0 aliphatic carbocycles. The molecule has 3 atom stereocenters. The number of hydrogen-bond acceptors (Lipinski definition) is 8. The minimum absolute atomic E-state index is 0. The van der Waals surface area contributed by atoms with Crippen LogP contribution >= 0.6 is 61.1 Å². The second kappa shape index (κ2) is 30.0. The fourth-order valence-electron chi connectivity index (χ4n) is 4.10. The van der Waals surface area contributed by atoms with Gasteiger partial charge in [0.15, 0.2) is 0 Å². The molecule has 4 heterocycles. The summed E-state index contributed by atoms with van der Waals surface area (Å²) in [6.07, 6.45) is 2.62. The Hall–Kier alpha value is 1.17. The van der Waals surface area contributed by atoms with Crippen LogP contribution in [0.2, 0.25) is 0 Å². The van der Waals surface area contributed by atoms with Gasteiger partial charge in [0.2, 0.25) is 23.6 Å². The number of amides is 6. The molecule has 45 heavy (non-hydrogen) atoms. The van der Waals surface area contributed by atoms with Crippen LogP contribution in [0.3, 0.4) is 0 Å². The van der Waals surface area contributed by atoms with Gasteiger partial charge in [-0.1, -0.05) is 84.7 Å². The van der Waals surface area contributed by atoms with Crippen LogP contribution in [0, 0.1) is 0 Å². The first kappa shape index (κ1) is 55.6. The normalized spacial score (nSPS) is 19.2. The van der Waals surface area contributed by atoms with Crippen LogP contribution in [-0.2, 0) is 28.8 Å². The molecule has 6 amide bonds. The van der Waals surface area contributed by atoms with E-state index in [9.17, 15) is 28.8 Å². The number of nitrogens with zero attached hydrogens (tertiary/aromatic N) is 4. The molecular formula is C25H52B3I3N5O6P3. The van der Waals surface area contributed by atoms with Crippen LogP contribution in [0.1, 0.15) is 68.2 Å². The van der Waals surface area contributed by atoms with Gasteiger partial charge in [-0.05, 0) is 13.3 Å². The Bertz CT molecular complexity index is 871. The summed E-state index contributed by atoms with van der Waals surface area (Å²) in [5, 5.41) is 1.77. The zero-order valence-electron chi connectivity index (χ0n) is 23.6. The fraction of sp³-hybridized carbons (Fsp3) is 0.760. The molecule has 1 spiro atoms. The van der Waals surface area contributed by atoms with Gasteiger partial charge >= 0.3 is 51.1 Å². The maximum atomic E-state index is 11.9. The summed E-state index contributed by atoms with van der Waals surface area (Å²) in [4.78, 5) is 73.0. The predicted octanol–water partition coefficient (Wildman–Crippen LogP) is 1.11. The van der Waals surface area contributed by atoms with E-state index in [4.69, 9.17) is 28.4 Å². The van der Waals surface area contributed by atoms with Gasteiger partial charge in [0.1, 0.15) is 28.2 Å². The third-order valence-corrected chi connectivity index (χ3v) is 7.98. The molecular weight excluding hydrogens is 972 g/mol. The first-order valence-electron chi connectivity index (χ1n) is 12.5. The molecule has 0 aromatic rings. The molecule has 258 valence electrons. The van der Waals surface area contributed by atoms with Crippen LogP contribution in [0.25, 0.3) is 0 Å². The van der Waals surface area contributed by atoms with Crippen molar-refractivity contribution in [2.45, 2.75) is 68.2 Å². The molecule has 2 N–H and O–H groups in total. The number of alkyl halides is 1. The van der Waals surface area contributed by atoms with E-state index in [1.54, 1.807) is 5.01 Å². The van der Waals surface area contributed by atoms with E-state index >= 15 is 0 Å². The number of carbonyl (C=O) groups is 6. The second-order valence-electron chi connectivity index (χ2n) is 8.75. The number of rotatable bonds is 6. The Labute approximate surface area is 316 Å². The quantitative estimate of drug-likeness (QED) is 0.105. The van der Waals surface area contributed by atoms with E-state index < -0.39 is 0 Å². The second-order valence-corrected chi connectivity index (χ2v) is 25.7. The van der Waals surface area contributed by atoms with Crippen molar-refractivity contribution in [3.05, 3.63) is 0 Å². The molecule has 0 aromatic heterocycles. The first-order chi connectivity index (χ1) is 19.2. The molecule has 4 aliphatic heterocycles. The Kier molecular flexibility index (Phi) is 37.1. The van der Waals surface area contributed by atoms with Crippen LogP contribution in [0.5, 0.6) is 0 Å². The average molecular weight is 1020 g/mol. The van der Waals surface area contributed by atoms with Gasteiger partial charge in [-0.3, -0.25) is 29.0 Å². The molecule has 0 bridgehead atoms. The minimum atomic E-state index is -0.184. The van der Waals surface area contributed by atoms with Crippen LogP contribution in [0.15, 0.2) is 0 Å². The molecule has 4 saturated heterocycles. The van der Waals surface area contributed by atoms with Crippen molar-refractivity contribution in [1.29, 1.82) is 0 Å². The van der Waals surface area contributed by atoms with Gasteiger partial charge in [-0.15, -0.1) is 9.60 Å². The van der Waals surface area contributed by atoms with Crippen molar-refractivity contribution in [3.8, 4) is 0 Å². The number of likely N-dealkylation sites (tertiary alicyclic amines) is 2. The summed E-state index contributed by atoms with van der Waals surface area (Å²) in [6.45, 7) is 6.58. The number of carbonyl (C=O) groups excluding carboxylic acids is 6. The zero-order valence-corrected chi connectivity index (χ0v) is 32.8. The van der Waals surface area contributed by atoms with Gasteiger partial charge in [0, 0.05) is 45.3 Å². The Balaban J connectivity index is -0.000000175.